The number of ether oxygens (including phenoxy) is 2. The lowest BCUT2D eigenvalue weighted by molar-refractivity contribution is -0.126. The largest absolute Gasteiger partial charge is 0.382 e. The van der Waals surface area contributed by atoms with Crippen molar-refractivity contribution in [1.82, 2.24) is 10.3 Å². The zero-order valence-corrected chi connectivity index (χ0v) is 12.1. The monoisotopic (exact) mass is 272 g/mol. The highest BCUT2D eigenvalue weighted by molar-refractivity contribution is 7.11. The number of methoxy groups -OCH3 is 1. The van der Waals surface area contributed by atoms with Crippen LogP contribution in [0.15, 0.2) is 0 Å². The van der Waals surface area contributed by atoms with Gasteiger partial charge in [-0.3, -0.25) is 4.79 Å². The number of rotatable bonds is 7. The molecule has 1 atom stereocenters. The van der Waals surface area contributed by atoms with Crippen LogP contribution in [-0.2, 0) is 14.3 Å². The van der Waals surface area contributed by atoms with E-state index in [9.17, 15) is 4.79 Å². The predicted molar refractivity (Wildman–Crippen MR) is 70.8 cm³/mol. The minimum Gasteiger partial charge on any atom is -0.382 e. The Labute approximate surface area is 112 Å². The maximum atomic E-state index is 11.6. The fourth-order valence-electron chi connectivity index (χ4n) is 1.60. The van der Waals surface area contributed by atoms with E-state index in [1.54, 1.807) is 18.4 Å². The SMILES string of the molecule is COCCOCC(=O)NC(C)c1sc(C)nc1C. The van der Waals surface area contributed by atoms with E-state index in [2.05, 4.69) is 10.3 Å². The number of carbonyl (C=O) groups excluding carboxylic acids is 1. The quantitative estimate of drug-likeness (QED) is 0.766. The van der Waals surface area contributed by atoms with Gasteiger partial charge in [0.25, 0.3) is 0 Å². The van der Waals surface area contributed by atoms with Crippen molar-refractivity contribution in [3.63, 3.8) is 0 Å². The molecule has 0 saturated carbocycles. The van der Waals surface area contributed by atoms with Crippen molar-refractivity contribution in [2.45, 2.75) is 26.8 Å². The van der Waals surface area contributed by atoms with Gasteiger partial charge in [0.05, 0.1) is 30.0 Å². The molecular weight excluding hydrogens is 252 g/mol. The Hall–Kier alpha value is -0.980. The minimum absolute atomic E-state index is 0.0327. The maximum absolute atomic E-state index is 11.6. The Bertz CT molecular complexity index is 393. The van der Waals surface area contributed by atoms with E-state index in [0.29, 0.717) is 13.2 Å². The van der Waals surface area contributed by atoms with E-state index >= 15 is 0 Å². The van der Waals surface area contributed by atoms with Crippen LogP contribution in [0, 0.1) is 13.8 Å². The molecule has 1 aromatic rings. The maximum Gasteiger partial charge on any atom is 0.246 e. The first-order chi connectivity index (χ1) is 8.54. The standard InChI is InChI=1S/C12H20N2O3S/c1-8-12(18-10(3)13-8)9(2)14-11(15)7-17-6-5-16-4/h9H,5-7H2,1-4H3,(H,14,15). The number of nitrogens with zero attached hydrogens (tertiary/aromatic N) is 1. The third-order valence-electron chi connectivity index (χ3n) is 2.38. The van der Waals surface area contributed by atoms with Crippen molar-refractivity contribution >= 4 is 17.2 Å². The van der Waals surface area contributed by atoms with Crippen molar-refractivity contribution in [3.8, 4) is 0 Å². The topological polar surface area (TPSA) is 60.5 Å². The Morgan fingerprint density at radius 1 is 1.44 bits per heavy atom. The summed E-state index contributed by atoms with van der Waals surface area (Å²) < 4.78 is 9.99. The van der Waals surface area contributed by atoms with Crippen LogP contribution in [0.1, 0.15) is 28.5 Å². The molecule has 0 aliphatic heterocycles. The van der Waals surface area contributed by atoms with Crippen LogP contribution < -0.4 is 5.32 Å². The van der Waals surface area contributed by atoms with E-state index < -0.39 is 0 Å². The summed E-state index contributed by atoms with van der Waals surface area (Å²) in [4.78, 5) is 17.1. The molecule has 0 aliphatic carbocycles. The van der Waals surface area contributed by atoms with E-state index in [4.69, 9.17) is 9.47 Å². The molecule has 1 unspecified atom stereocenters. The third-order valence-corrected chi connectivity index (χ3v) is 3.63. The lowest BCUT2D eigenvalue weighted by atomic mass is 10.2. The van der Waals surface area contributed by atoms with Crippen molar-refractivity contribution in [2.24, 2.45) is 0 Å². The number of hydrogen-bond acceptors (Lipinski definition) is 5. The summed E-state index contributed by atoms with van der Waals surface area (Å²) in [5, 5.41) is 3.91. The van der Waals surface area contributed by atoms with Gasteiger partial charge in [0.2, 0.25) is 5.91 Å². The third kappa shape index (κ3) is 4.72. The molecule has 0 saturated heterocycles. The molecule has 1 rings (SSSR count). The number of aromatic nitrogens is 1. The Morgan fingerprint density at radius 3 is 2.72 bits per heavy atom. The lowest BCUT2D eigenvalue weighted by Crippen LogP contribution is -2.30. The Morgan fingerprint density at radius 2 is 2.17 bits per heavy atom. The molecule has 5 nitrogen and oxygen atoms in total. The number of thiazole rings is 1. The molecule has 18 heavy (non-hydrogen) atoms. The molecule has 0 aliphatic rings. The van der Waals surface area contributed by atoms with Crippen LogP contribution in [0.2, 0.25) is 0 Å². The Kier molecular flexibility index (Phi) is 6.24. The van der Waals surface area contributed by atoms with Crippen LogP contribution in [-0.4, -0.2) is 37.8 Å². The van der Waals surface area contributed by atoms with E-state index in [0.717, 1.165) is 15.6 Å². The van der Waals surface area contributed by atoms with E-state index in [-0.39, 0.29) is 18.6 Å². The van der Waals surface area contributed by atoms with Gasteiger partial charge in [-0.1, -0.05) is 0 Å². The van der Waals surface area contributed by atoms with Crippen LogP contribution in [0.3, 0.4) is 0 Å². The second-order valence-electron chi connectivity index (χ2n) is 4.02. The predicted octanol–water partition coefficient (Wildman–Crippen LogP) is 1.60. The molecule has 0 fully saturated rings. The summed E-state index contributed by atoms with van der Waals surface area (Å²) in [6, 6.07) is -0.0327. The van der Waals surface area contributed by atoms with Crippen LogP contribution in [0.4, 0.5) is 0 Å². The van der Waals surface area contributed by atoms with Gasteiger partial charge in [0, 0.05) is 12.0 Å². The zero-order chi connectivity index (χ0) is 13.5. The zero-order valence-electron chi connectivity index (χ0n) is 11.3. The Balaban J connectivity index is 2.37. The number of carbonyl (C=O) groups is 1. The van der Waals surface area contributed by atoms with Gasteiger partial charge < -0.3 is 14.8 Å². The summed E-state index contributed by atoms with van der Waals surface area (Å²) in [5.74, 6) is -0.121. The average molecular weight is 272 g/mol. The van der Waals surface area contributed by atoms with Crippen LogP contribution in [0.25, 0.3) is 0 Å². The van der Waals surface area contributed by atoms with Crippen molar-refractivity contribution in [2.75, 3.05) is 26.9 Å². The highest BCUT2D eigenvalue weighted by Crippen LogP contribution is 2.24. The molecule has 1 heterocycles. The number of aryl methyl sites for hydroxylation is 2. The van der Waals surface area contributed by atoms with Crippen LogP contribution in [0.5, 0.6) is 0 Å². The summed E-state index contributed by atoms with van der Waals surface area (Å²) in [7, 11) is 1.60. The molecule has 1 N–H and O–H groups in total. The number of nitrogens with one attached hydrogen (secondary N) is 1. The second kappa shape index (κ2) is 7.45. The number of hydrogen-bond donors (Lipinski definition) is 1. The molecule has 1 amide bonds. The first-order valence-electron chi connectivity index (χ1n) is 5.84. The van der Waals surface area contributed by atoms with Crippen molar-refractivity contribution < 1.29 is 14.3 Å². The molecule has 0 aromatic carbocycles. The molecule has 0 spiro atoms. The molecule has 1 aromatic heterocycles. The molecule has 6 heteroatoms. The first-order valence-corrected chi connectivity index (χ1v) is 6.66. The summed E-state index contributed by atoms with van der Waals surface area (Å²) in [5.41, 5.74) is 0.977. The van der Waals surface area contributed by atoms with Gasteiger partial charge in [-0.2, -0.15) is 0 Å². The average Bonchev–Trinajstić information content (AvgIpc) is 2.64. The van der Waals surface area contributed by atoms with E-state index in [1.165, 1.54) is 0 Å². The molecule has 0 radical (unpaired) electrons. The molecular formula is C12H20N2O3S. The van der Waals surface area contributed by atoms with Gasteiger partial charge in [-0.15, -0.1) is 11.3 Å². The van der Waals surface area contributed by atoms with E-state index in [1.807, 2.05) is 20.8 Å². The second-order valence-corrected chi connectivity index (χ2v) is 5.25. The molecule has 102 valence electrons. The fourth-order valence-corrected chi connectivity index (χ4v) is 2.53. The van der Waals surface area contributed by atoms with Gasteiger partial charge in [-0.25, -0.2) is 4.98 Å². The summed E-state index contributed by atoms with van der Waals surface area (Å²) in [6.45, 7) is 6.85. The minimum atomic E-state index is -0.121. The van der Waals surface area contributed by atoms with Gasteiger partial charge in [0.1, 0.15) is 6.61 Å². The van der Waals surface area contributed by atoms with Gasteiger partial charge in [0.15, 0.2) is 0 Å². The highest BCUT2D eigenvalue weighted by atomic mass is 32.1. The summed E-state index contributed by atoms with van der Waals surface area (Å²) >= 11 is 1.61. The van der Waals surface area contributed by atoms with Crippen LogP contribution >= 0.6 is 11.3 Å². The number of amides is 1. The van der Waals surface area contributed by atoms with Crippen molar-refractivity contribution in [1.29, 1.82) is 0 Å². The highest BCUT2D eigenvalue weighted by Gasteiger charge is 2.15. The van der Waals surface area contributed by atoms with Crippen molar-refractivity contribution in [3.05, 3.63) is 15.6 Å². The smallest absolute Gasteiger partial charge is 0.246 e. The van der Waals surface area contributed by atoms with Gasteiger partial charge in [-0.05, 0) is 20.8 Å². The van der Waals surface area contributed by atoms with Gasteiger partial charge >= 0.3 is 0 Å². The first kappa shape index (κ1) is 15.1. The lowest BCUT2D eigenvalue weighted by Gasteiger charge is -2.13. The normalized spacial score (nSPS) is 12.4. The fraction of sp³-hybridized carbons (Fsp3) is 0.667. The molecule has 0 bridgehead atoms. The summed E-state index contributed by atoms with van der Waals surface area (Å²) in [6.07, 6.45) is 0.